The molecule has 1 aliphatic carbocycles. The van der Waals surface area contributed by atoms with Crippen molar-refractivity contribution >= 4 is 17.3 Å². The quantitative estimate of drug-likeness (QED) is 0.718. The molecule has 4 rings (SSSR count). The van der Waals surface area contributed by atoms with E-state index in [4.69, 9.17) is 4.74 Å². The van der Waals surface area contributed by atoms with E-state index < -0.39 is 5.97 Å². The van der Waals surface area contributed by atoms with Crippen LogP contribution in [0.1, 0.15) is 41.0 Å². The van der Waals surface area contributed by atoms with Crippen LogP contribution < -0.4 is 4.74 Å². The second-order valence-electron chi connectivity index (χ2n) is 6.58. The van der Waals surface area contributed by atoms with Gasteiger partial charge in [-0.1, -0.05) is 0 Å². The van der Waals surface area contributed by atoms with Crippen molar-refractivity contribution in [1.82, 2.24) is 25.2 Å². The predicted molar refractivity (Wildman–Crippen MR) is 99.9 cm³/mol. The third kappa shape index (κ3) is 3.55. The molecule has 8 nitrogen and oxygen atoms in total. The van der Waals surface area contributed by atoms with Crippen molar-refractivity contribution in [2.45, 2.75) is 38.7 Å². The van der Waals surface area contributed by atoms with Crippen molar-refractivity contribution in [3.63, 3.8) is 0 Å². The number of aromatic nitrogens is 5. The van der Waals surface area contributed by atoms with Gasteiger partial charge in [-0.25, -0.2) is 9.78 Å². The highest BCUT2D eigenvalue weighted by Gasteiger charge is 2.22. The average molecular weight is 385 g/mol. The maximum atomic E-state index is 11.3. The fourth-order valence-electron chi connectivity index (χ4n) is 3.24. The van der Waals surface area contributed by atoms with Crippen LogP contribution in [-0.2, 0) is 7.05 Å². The minimum absolute atomic E-state index is 0.201. The van der Waals surface area contributed by atoms with E-state index in [2.05, 4.69) is 20.4 Å². The summed E-state index contributed by atoms with van der Waals surface area (Å²) in [6, 6.07) is 5.68. The molecule has 0 atom stereocenters. The number of hydrogen-bond acceptors (Lipinski definition) is 7. The predicted octanol–water partition coefficient (Wildman–Crippen LogP) is 3.33. The highest BCUT2D eigenvalue weighted by Crippen LogP contribution is 2.36. The zero-order valence-electron chi connectivity index (χ0n) is 15.0. The minimum atomic E-state index is -0.965. The largest absolute Gasteiger partial charge is 0.490 e. The maximum Gasteiger partial charge on any atom is 0.347 e. The second kappa shape index (κ2) is 7.07. The molecule has 3 aromatic rings. The molecule has 0 unspecified atom stereocenters. The number of hydrogen-bond donors (Lipinski definition) is 1. The molecule has 0 amide bonds. The van der Waals surface area contributed by atoms with E-state index in [9.17, 15) is 9.90 Å². The summed E-state index contributed by atoms with van der Waals surface area (Å²) in [5, 5.41) is 22.3. The lowest BCUT2D eigenvalue weighted by Gasteiger charge is -2.16. The fraction of sp³-hybridized carbons (Fsp3) is 0.389. The first-order chi connectivity index (χ1) is 13.0. The van der Waals surface area contributed by atoms with E-state index in [0.29, 0.717) is 22.3 Å². The molecule has 1 saturated carbocycles. The Morgan fingerprint density at radius 2 is 2.11 bits per heavy atom. The molecule has 2 aromatic heterocycles. The van der Waals surface area contributed by atoms with Crippen molar-refractivity contribution in [3.05, 3.63) is 28.8 Å². The summed E-state index contributed by atoms with van der Waals surface area (Å²) in [4.78, 5) is 17.4. The van der Waals surface area contributed by atoms with Crippen LogP contribution in [0.5, 0.6) is 5.75 Å². The highest BCUT2D eigenvalue weighted by atomic mass is 32.1. The summed E-state index contributed by atoms with van der Waals surface area (Å²) >= 11 is 1.16. The van der Waals surface area contributed by atoms with Gasteiger partial charge in [0.2, 0.25) is 5.82 Å². The van der Waals surface area contributed by atoms with Gasteiger partial charge in [0.1, 0.15) is 15.6 Å². The Balaban J connectivity index is 1.76. The summed E-state index contributed by atoms with van der Waals surface area (Å²) in [6.07, 6.45) is 4.65. The zero-order valence-corrected chi connectivity index (χ0v) is 15.9. The van der Waals surface area contributed by atoms with Gasteiger partial charge in [-0.2, -0.15) is 4.80 Å². The van der Waals surface area contributed by atoms with Crippen LogP contribution in [-0.4, -0.2) is 42.4 Å². The SMILES string of the molecule is Cc1nc(-c2ccc(OC3CCCC3)c(-c3nnn(C)n3)c2)sc1C(=O)O. The molecular weight excluding hydrogens is 366 g/mol. The standard InChI is InChI=1S/C18H19N5O3S/c1-10-15(18(24)25)27-17(19-10)11-7-8-14(26-12-5-3-4-6-12)13(9-11)16-20-22-23(2)21-16/h7-9,12H,3-6H2,1-2H3,(H,24,25). The van der Waals surface area contributed by atoms with Crippen molar-refractivity contribution in [2.24, 2.45) is 7.05 Å². The van der Waals surface area contributed by atoms with Gasteiger partial charge in [-0.3, -0.25) is 0 Å². The van der Waals surface area contributed by atoms with Crippen LogP contribution in [0.25, 0.3) is 22.0 Å². The zero-order chi connectivity index (χ0) is 19.0. The van der Waals surface area contributed by atoms with Gasteiger partial charge in [0.05, 0.1) is 24.4 Å². The number of carboxylic acids is 1. The molecule has 1 aliphatic rings. The summed E-state index contributed by atoms with van der Waals surface area (Å²) in [5.74, 6) is 0.220. The number of carbonyl (C=O) groups is 1. The number of ether oxygens (including phenoxy) is 1. The van der Waals surface area contributed by atoms with Crippen LogP contribution in [0.3, 0.4) is 0 Å². The van der Waals surface area contributed by atoms with E-state index in [1.165, 1.54) is 17.6 Å². The van der Waals surface area contributed by atoms with Crippen LogP contribution in [0, 0.1) is 6.92 Å². The normalized spacial score (nSPS) is 14.6. The molecule has 0 saturated heterocycles. The number of tetrazole rings is 1. The van der Waals surface area contributed by atoms with E-state index in [0.717, 1.165) is 35.3 Å². The molecule has 1 N–H and O–H groups in total. The Morgan fingerprint density at radius 1 is 1.33 bits per heavy atom. The van der Waals surface area contributed by atoms with Crippen molar-refractivity contribution in [1.29, 1.82) is 0 Å². The Morgan fingerprint density at radius 3 is 2.74 bits per heavy atom. The smallest absolute Gasteiger partial charge is 0.347 e. The minimum Gasteiger partial charge on any atom is -0.490 e. The Labute approximate surface area is 159 Å². The molecular formula is C18H19N5O3S. The molecule has 1 aromatic carbocycles. The maximum absolute atomic E-state index is 11.3. The van der Waals surface area contributed by atoms with Crippen molar-refractivity contribution < 1.29 is 14.6 Å². The average Bonchev–Trinajstić information content (AvgIpc) is 3.37. The van der Waals surface area contributed by atoms with E-state index >= 15 is 0 Å². The number of benzene rings is 1. The lowest BCUT2D eigenvalue weighted by atomic mass is 10.1. The van der Waals surface area contributed by atoms with Gasteiger partial charge in [-0.05, 0) is 56.0 Å². The molecule has 9 heteroatoms. The van der Waals surface area contributed by atoms with E-state index in [1.54, 1.807) is 14.0 Å². The second-order valence-corrected chi connectivity index (χ2v) is 7.58. The van der Waals surface area contributed by atoms with Crippen LogP contribution in [0.2, 0.25) is 0 Å². The number of carboxylic acid groups (broad SMARTS) is 1. The van der Waals surface area contributed by atoms with Crippen LogP contribution in [0.15, 0.2) is 18.2 Å². The Kier molecular flexibility index (Phi) is 4.61. The van der Waals surface area contributed by atoms with Crippen molar-refractivity contribution in [3.8, 4) is 27.7 Å². The molecule has 2 heterocycles. The van der Waals surface area contributed by atoms with Gasteiger partial charge in [0.25, 0.3) is 0 Å². The Hall–Kier alpha value is -2.81. The van der Waals surface area contributed by atoms with Gasteiger partial charge < -0.3 is 9.84 Å². The lowest BCUT2D eigenvalue weighted by molar-refractivity contribution is 0.0701. The number of thiazole rings is 1. The molecule has 0 aliphatic heterocycles. The molecule has 0 radical (unpaired) electrons. The summed E-state index contributed by atoms with van der Waals surface area (Å²) in [7, 11) is 1.71. The monoisotopic (exact) mass is 385 g/mol. The third-order valence-electron chi connectivity index (χ3n) is 4.56. The van der Waals surface area contributed by atoms with E-state index in [1.807, 2.05) is 18.2 Å². The number of aryl methyl sites for hydroxylation is 2. The van der Waals surface area contributed by atoms with Gasteiger partial charge in [0.15, 0.2) is 0 Å². The molecule has 27 heavy (non-hydrogen) atoms. The van der Waals surface area contributed by atoms with Crippen molar-refractivity contribution in [2.75, 3.05) is 0 Å². The first kappa shape index (κ1) is 17.6. The van der Waals surface area contributed by atoms with Gasteiger partial charge >= 0.3 is 5.97 Å². The number of nitrogens with zero attached hydrogens (tertiary/aromatic N) is 5. The molecule has 1 fully saturated rings. The van der Waals surface area contributed by atoms with Crippen LogP contribution >= 0.6 is 11.3 Å². The van der Waals surface area contributed by atoms with Crippen LogP contribution in [0.4, 0.5) is 0 Å². The molecule has 0 spiro atoms. The fourth-order valence-corrected chi connectivity index (χ4v) is 4.14. The first-order valence-corrected chi connectivity index (χ1v) is 9.59. The number of rotatable bonds is 5. The highest BCUT2D eigenvalue weighted by molar-refractivity contribution is 7.17. The summed E-state index contributed by atoms with van der Waals surface area (Å²) < 4.78 is 6.20. The third-order valence-corrected chi connectivity index (χ3v) is 5.76. The van der Waals surface area contributed by atoms with Gasteiger partial charge in [-0.15, -0.1) is 21.5 Å². The molecule has 140 valence electrons. The van der Waals surface area contributed by atoms with E-state index in [-0.39, 0.29) is 11.0 Å². The molecule has 0 bridgehead atoms. The first-order valence-electron chi connectivity index (χ1n) is 8.77. The topological polar surface area (TPSA) is 103 Å². The Bertz CT molecular complexity index is 991. The summed E-state index contributed by atoms with van der Waals surface area (Å²) in [6.45, 7) is 1.70. The number of aromatic carboxylic acids is 1. The summed E-state index contributed by atoms with van der Waals surface area (Å²) in [5.41, 5.74) is 2.04. The lowest BCUT2D eigenvalue weighted by Crippen LogP contribution is -2.11. The van der Waals surface area contributed by atoms with Gasteiger partial charge in [0, 0.05) is 5.56 Å².